The van der Waals surface area contributed by atoms with Crippen LogP contribution >= 0.6 is 11.8 Å². The third-order valence-corrected chi connectivity index (χ3v) is 11.0. The van der Waals surface area contributed by atoms with Crippen LogP contribution in [0.1, 0.15) is 51.6 Å². The number of aromatic nitrogens is 3. The van der Waals surface area contributed by atoms with E-state index in [1.165, 1.54) is 0 Å². The van der Waals surface area contributed by atoms with Crippen molar-refractivity contribution in [3.8, 4) is 0 Å². The van der Waals surface area contributed by atoms with E-state index in [4.69, 9.17) is 57.8 Å². The maximum Gasteiger partial charge on any atom is 0.315 e. The number of hydrogen-bond donors (Lipinski definition) is 4. The van der Waals surface area contributed by atoms with Gasteiger partial charge in [0, 0.05) is 49.6 Å². The van der Waals surface area contributed by atoms with Gasteiger partial charge in [-0.3, -0.25) is 9.59 Å². The predicted octanol–water partition coefficient (Wildman–Crippen LogP) is 0.789. The van der Waals surface area contributed by atoms with Gasteiger partial charge in [0.15, 0.2) is 0 Å². The number of fused-ring (bicyclic) bond motifs is 1. The minimum Gasteiger partial charge on any atom is -0.379 e. The summed E-state index contributed by atoms with van der Waals surface area (Å²) in [6, 6.07) is 0.396. The second-order valence-corrected chi connectivity index (χ2v) is 15.8. The highest BCUT2D eigenvalue weighted by Crippen LogP contribution is 2.33. The SMILES string of the molecule is C.NCCOCCOCCOCCOCCOCCNC(=O)CCOCCOCCOCCOCCOCCOCCn1cc(CCC(=O)CCCC[C@@H]2SC[C@H]3NC(=O)N[C@@H]23)nn1. The Kier molecular flexibility index (Phi) is 36.6. The standard InChI is InChI=1S/C41H75N7O14S.CH4/c42-8-12-53-16-20-57-24-28-61-29-25-58-21-17-54-13-9-43-39(50)7-11-52-15-19-56-23-27-60-31-32-62-30-26-59-22-18-55-14-10-48-33-35(46-47-48)5-6-36(49)3-1-2-4-38-40-37(34-63-38)44-41(51)45-40;/h33,37-38,40H,1-32,34,42H2,(H,43,50)(H2,44,45,51);1H4/t37-,38+,40-;/m1./s1. The lowest BCUT2D eigenvalue weighted by Crippen LogP contribution is -2.36. The number of nitrogens with zero attached hydrogens (tertiary/aromatic N) is 3. The van der Waals surface area contributed by atoms with E-state index in [9.17, 15) is 14.4 Å². The van der Waals surface area contributed by atoms with Crippen molar-refractivity contribution in [1.82, 2.24) is 30.9 Å². The minimum absolute atomic E-state index is 0. The molecule has 5 N–H and O–H groups in total. The maximum absolute atomic E-state index is 12.4. The zero-order chi connectivity index (χ0) is 44.7. The smallest absolute Gasteiger partial charge is 0.315 e. The van der Waals surface area contributed by atoms with Gasteiger partial charge in [0.2, 0.25) is 5.91 Å². The fourth-order valence-electron chi connectivity index (χ4n) is 6.21. The molecule has 3 heterocycles. The summed E-state index contributed by atoms with van der Waals surface area (Å²) in [5, 5.41) is 17.5. The Morgan fingerprint density at radius 1 is 0.656 bits per heavy atom. The lowest BCUT2D eigenvalue weighted by molar-refractivity contribution is -0.122. The average Bonchev–Trinajstić information content (AvgIpc) is 4.01. The molecule has 2 saturated heterocycles. The molecule has 2 fully saturated rings. The first kappa shape index (κ1) is 57.5. The molecule has 3 rings (SSSR count). The Bertz CT molecular complexity index is 1290. The van der Waals surface area contributed by atoms with E-state index >= 15 is 0 Å². The van der Waals surface area contributed by atoms with E-state index in [0.29, 0.717) is 189 Å². The summed E-state index contributed by atoms with van der Waals surface area (Å²) in [4.78, 5) is 35.8. The normalized spacial score (nSPS) is 16.7. The number of urea groups is 1. The number of amides is 3. The number of nitrogens with one attached hydrogen (secondary N) is 3. The summed E-state index contributed by atoms with van der Waals surface area (Å²) in [5.41, 5.74) is 6.14. The van der Waals surface area contributed by atoms with E-state index in [-0.39, 0.29) is 43.7 Å². The predicted molar refractivity (Wildman–Crippen MR) is 240 cm³/mol. The Morgan fingerprint density at radius 2 is 1.16 bits per heavy atom. The van der Waals surface area contributed by atoms with E-state index in [2.05, 4.69) is 26.3 Å². The van der Waals surface area contributed by atoms with Gasteiger partial charge < -0.3 is 73.8 Å². The number of hydrogen-bond acceptors (Lipinski definition) is 18. The molecule has 0 radical (unpaired) electrons. The highest BCUT2D eigenvalue weighted by Gasteiger charge is 2.42. The van der Waals surface area contributed by atoms with Gasteiger partial charge in [-0.15, -0.1) is 5.10 Å². The Labute approximate surface area is 384 Å². The first-order chi connectivity index (χ1) is 31.0. The lowest BCUT2D eigenvalue weighted by atomic mass is 10.0. The van der Waals surface area contributed by atoms with Crippen LogP contribution in [0.4, 0.5) is 4.79 Å². The number of unbranched alkanes of at least 4 members (excludes halogenated alkanes) is 1. The van der Waals surface area contributed by atoms with Crippen molar-refractivity contribution in [3.05, 3.63) is 11.9 Å². The van der Waals surface area contributed by atoms with Crippen molar-refractivity contribution < 1.29 is 66.5 Å². The minimum atomic E-state index is -0.0960. The summed E-state index contributed by atoms with van der Waals surface area (Å²) in [6.07, 6.45) is 6.63. The van der Waals surface area contributed by atoms with Crippen molar-refractivity contribution >= 4 is 29.5 Å². The third-order valence-electron chi connectivity index (χ3n) is 9.50. The third kappa shape index (κ3) is 30.6. The Morgan fingerprint density at radius 3 is 1.70 bits per heavy atom. The molecule has 3 atom stereocenters. The van der Waals surface area contributed by atoms with Crippen molar-refractivity contribution in [2.24, 2.45) is 5.73 Å². The zero-order valence-corrected chi connectivity index (χ0v) is 38.0. The number of aryl methyl sites for hydroxylation is 1. The van der Waals surface area contributed by atoms with Crippen molar-refractivity contribution in [1.29, 1.82) is 0 Å². The van der Waals surface area contributed by atoms with Gasteiger partial charge >= 0.3 is 6.03 Å². The van der Waals surface area contributed by atoms with Crippen LogP contribution in [0.5, 0.6) is 0 Å². The molecule has 372 valence electrons. The van der Waals surface area contributed by atoms with Crippen molar-refractivity contribution in [2.45, 2.75) is 76.3 Å². The molecule has 22 heteroatoms. The first-order valence-corrected chi connectivity index (χ1v) is 23.5. The Balaban J connectivity index is 0.0000141. The molecule has 2 aliphatic heterocycles. The van der Waals surface area contributed by atoms with Crippen LogP contribution in [0, 0.1) is 0 Å². The molecule has 2 aliphatic rings. The van der Waals surface area contributed by atoms with Gasteiger partial charge in [0.1, 0.15) is 5.78 Å². The molecule has 64 heavy (non-hydrogen) atoms. The number of rotatable bonds is 46. The number of carbonyl (C=O) groups is 3. The molecule has 0 aromatic carbocycles. The van der Waals surface area contributed by atoms with Crippen LogP contribution in [0.3, 0.4) is 0 Å². The summed E-state index contributed by atoms with van der Waals surface area (Å²) >= 11 is 1.91. The van der Waals surface area contributed by atoms with Crippen LogP contribution in [0.2, 0.25) is 0 Å². The van der Waals surface area contributed by atoms with Gasteiger partial charge in [-0.25, -0.2) is 9.48 Å². The van der Waals surface area contributed by atoms with E-state index in [0.717, 1.165) is 30.7 Å². The molecule has 0 aliphatic carbocycles. The molecule has 0 unspecified atom stereocenters. The Hall–Kier alpha value is -2.58. The molecular weight excluding hydrogens is 859 g/mol. The average molecular weight is 938 g/mol. The van der Waals surface area contributed by atoms with Crippen LogP contribution in [0.15, 0.2) is 6.20 Å². The molecule has 1 aromatic heterocycles. The number of ketones is 1. The molecule has 0 spiro atoms. The molecule has 21 nitrogen and oxygen atoms in total. The van der Waals surface area contributed by atoms with Crippen molar-refractivity contribution in [2.75, 3.05) is 164 Å². The van der Waals surface area contributed by atoms with Gasteiger partial charge in [-0.1, -0.05) is 19.1 Å². The van der Waals surface area contributed by atoms with E-state index in [1.807, 2.05) is 18.0 Å². The van der Waals surface area contributed by atoms with Gasteiger partial charge in [-0.2, -0.15) is 11.8 Å². The zero-order valence-electron chi connectivity index (χ0n) is 37.2. The molecule has 1 aromatic rings. The number of nitrogens with two attached hydrogens (primary N) is 1. The topological polar surface area (TPSA) is 246 Å². The summed E-state index contributed by atoms with van der Waals surface area (Å²) in [5.74, 6) is 1.11. The summed E-state index contributed by atoms with van der Waals surface area (Å²) in [7, 11) is 0. The van der Waals surface area contributed by atoms with Crippen LogP contribution in [0.25, 0.3) is 0 Å². The largest absolute Gasteiger partial charge is 0.379 e. The maximum atomic E-state index is 12.4. The lowest BCUT2D eigenvalue weighted by Gasteiger charge is -2.16. The second-order valence-electron chi connectivity index (χ2n) is 14.5. The van der Waals surface area contributed by atoms with Crippen LogP contribution in [-0.4, -0.2) is 214 Å². The molecule has 0 saturated carbocycles. The van der Waals surface area contributed by atoms with E-state index < -0.39 is 0 Å². The monoisotopic (exact) mass is 938 g/mol. The number of ether oxygens (including phenoxy) is 11. The quantitative estimate of drug-likeness (QED) is 0.0522. The summed E-state index contributed by atoms with van der Waals surface area (Å²) in [6.45, 7) is 11.6. The fraction of sp³-hybridized carbons (Fsp3) is 0.881. The highest BCUT2D eigenvalue weighted by molar-refractivity contribution is 8.00. The first-order valence-electron chi connectivity index (χ1n) is 22.5. The van der Waals surface area contributed by atoms with E-state index in [1.54, 1.807) is 4.68 Å². The number of Topliss-reactive ketones (excluding diaryl/α,β-unsaturated/α-hetero) is 1. The molecular formula is C42H79N7O14S. The van der Waals surface area contributed by atoms with Crippen LogP contribution < -0.4 is 21.7 Å². The van der Waals surface area contributed by atoms with Gasteiger partial charge in [0.25, 0.3) is 0 Å². The van der Waals surface area contributed by atoms with Crippen LogP contribution in [-0.2, 0) is 74.7 Å². The second kappa shape index (κ2) is 40.7. The molecule has 3 amide bonds. The summed E-state index contributed by atoms with van der Waals surface area (Å²) < 4.78 is 61.8. The highest BCUT2D eigenvalue weighted by atomic mass is 32.2. The number of carbonyl (C=O) groups excluding carboxylic acids is 3. The molecule has 0 bridgehead atoms. The number of thioether (sulfide) groups is 1. The van der Waals surface area contributed by atoms with Gasteiger partial charge in [0.05, 0.1) is 170 Å². The van der Waals surface area contributed by atoms with Gasteiger partial charge in [-0.05, 0) is 19.3 Å². The fourth-order valence-corrected chi connectivity index (χ4v) is 7.75. The van der Waals surface area contributed by atoms with Crippen molar-refractivity contribution in [3.63, 3.8) is 0 Å².